The van der Waals surface area contributed by atoms with Crippen LogP contribution < -0.4 is 5.73 Å². The van der Waals surface area contributed by atoms with Crippen LogP contribution in [0.25, 0.3) is 0 Å². The molecule has 2 N–H and O–H groups in total. The van der Waals surface area contributed by atoms with Crippen molar-refractivity contribution in [2.45, 2.75) is 6.42 Å². The molecule has 0 aromatic carbocycles. The normalized spacial score (nSPS) is 8.67. The van der Waals surface area contributed by atoms with E-state index in [1.165, 1.54) is 7.11 Å². The van der Waals surface area contributed by atoms with Crippen molar-refractivity contribution in [2.24, 2.45) is 5.73 Å². The Kier molecular flexibility index (Phi) is 4.81. The van der Waals surface area contributed by atoms with E-state index in [0.717, 1.165) is 0 Å². The van der Waals surface area contributed by atoms with Gasteiger partial charge in [0.1, 0.15) is 4.91 Å². The van der Waals surface area contributed by atoms with Crippen LogP contribution in [-0.2, 0) is 9.68 Å². The zero-order chi connectivity index (χ0) is 7.11. The van der Waals surface area contributed by atoms with Gasteiger partial charge in [-0.3, -0.25) is 0 Å². The van der Waals surface area contributed by atoms with Crippen molar-refractivity contribution in [3.05, 3.63) is 4.91 Å². The van der Waals surface area contributed by atoms with Crippen molar-refractivity contribution < 1.29 is 14.8 Å². The number of rotatable bonds is 5. The van der Waals surface area contributed by atoms with E-state index in [1.54, 1.807) is 0 Å². The smallest absolute Gasteiger partial charge is 0.330 e. The van der Waals surface area contributed by atoms with Gasteiger partial charge >= 0.3 is 5.09 Å². The lowest BCUT2D eigenvalue weighted by Gasteiger charge is -1.88. The Morgan fingerprint density at radius 3 is 2.78 bits per heavy atom. The van der Waals surface area contributed by atoms with Gasteiger partial charge in [-0.05, 0) is 6.54 Å². The van der Waals surface area contributed by atoms with Gasteiger partial charge in [0.2, 0.25) is 0 Å². The second-order valence-electron chi connectivity index (χ2n) is 1.38. The van der Waals surface area contributed by atoms with Gasteiger partial charge in [-0.15, -0.1) is 0 Å². The molecule has 0 aliphatic heterocycles. The van der Waals surface area contributed by atoms with E-state index in [1.807, 2.05) is 0 Å². The topological polar surface area (TPSA) is 64.6 Å². The lowest BCUT2D eigenvalue weighted by Crippen LogP contribution is -2.11. The minimum Gasteiger partial charge on any atom is -0.330 e. The minimum atomic E-state index is 0.0513. The van der Waals surface area contributed by atoms with Gasteiger partial charge in [-0.25, -0.2) is 0 Å². The van der Waals surface area contributed by atoms with E-state index in [9.17, 15) is 4.91 Å². The van der Waals surface area contributed by atoms with Crippen LogP contribution in [0.4, 0.5) is 0 Å². The van der Waals surface area contributed by atoms with Crippen molar-refractivity contribution in [1.82, 2.24) is 0 Å². The molecule has 54 valence electrons. The van der Waals surface area contributed by atoms with E-state index in [4.69, 9.17) is 5.73 Å². The lowest BCUT2D eigenvalue weighted by molar-refractivity contribution is -0.976. The summed E-state index contributed by atoms with van der Waals surface area (Å²) in [7, 11) is 1.23. The van der Waals surface area contributed by atoms with Gasteiger partial charge in [0.15, 0.2) is 13.7 Å². The molecule has 5 heteroatoms. The van der Waals surface area contributed by atoms with E-state index in [2.05, 4.69) is 9.68 Å². The first-order valence-electron chi connectivity index (χ1n) is 2.65. The molecule has 0 atom stereocenters. The highest BCUT2D eigenvalue weighted by Gasteiger charge is 2.05. The van der Waals surface area contributed by atoms with Gasteiger partial charge in [-0.2, -0.15) is 9.68 Å². The lowest BCUT2D eigenvalue weighted by atomic mass is 10.5. The van der Waals surface area contributed by atoms with Crippen LogP contribution in [0.3, 0.4) is 0 Å². The fourth-order valence-corrected chi connectivity index (χ4v) is 0.275. The van der Waals surface area contributed by atoms with E-state index in [-0.39, 0.29) is 5.09 Å². The third-order valence-corrected chi connectivity index (χ3v) is 0.694. The molecule has 0 aromatic heterocycles. The third-order valence-electron chi connectivity index (χ3n) is 0.694. The molecule has 9 heavy (non-hydrogen) atoms. The predicted octanol–water partition coefficient (Wildman–Crippen LogP) is -0.393. The Labute approximate surface area is 53.2 Å². The van der Waals surface area contributed by atoms with Crippen LogP contribution in [-0.4, -0.2) is 25.3 Å². The monoisotopic (exact) mass is 135 g/mol. The fourth-order valence-electron chi connectivity index (χ4n) is 0.275. The highest BCUT2D eigenvalue weighted by molar-refractivity contribution is 4.30. The Bertz CT molecular complexity index is 85.9. The molecular formula is C4H11N2O3+. The molecule has 0 bridgehead atoms. The van der Waals surface area contributed by atoms with Crippen LogP contribution in [0.5, 0.6) is 0 Å². The maximum Gasteiger partial charge on any atom is 0.477 e. The zero-order valence-corrected chi connectivity index (χ0v) is 5.37. The maximum atomic E-state index is 10.1. The maximum absolute atomic E-state index is 10.1. The summed E-state index contributed by atoms with van der Waals surface area (Å²) in [6.45, 7) is 0.811. The zero-order valence-electron chi connectivity index (χ0n) is 5.37. The van der Waals surface area contributed by atoms with Gasteiger partial charge in [-0.1, -0.05) is 0 Å². The molecule has 0 fully saturated rings. The van der Waals surface area contributed by atoms with E-state index < -0.39 is 0 Å². The van der Waals surface area contributed by atoms with E-state index in [0.29, 0.717) is 19.6 Å². The summed E-state index contributed by atoms with van der Waals surface area (Å²) in [5, 5.41) is 0.0513. The summed E-state index contributed by atoms with van der Waals surface area (Å²) in [5.41, 5.74) is 5.11. The first-order valence-corrected chi connectivity index (χ1v) is 2.65. The second kappa shape index (κ2) is 5.30. The molecular weight excluding hydrogens is 124 g/mol. The standard InChI is InChI=1S/C4H11N2O3/c1-8-6(7)9-4-2-3-5/h2-5H2,1H3/q+1. The van der Waals surface area contributed by atoms with Crippen LogP contribution in [0.1, 0.15) is 6.42 Å². The summed E-state index contributed by atoms with van der Waals surface area (Å²) in [5.74, 6) is 0. The van der Waals surface area contributed by atoms with Crippen LogP contribution in [0.2, 0.25) is 0 Å². The van der Waals surface area contributed by atoms with E-state index >= 15 is 0 Å². The Balaban J connectivity index is 2.97. The van der Waals surface area contributed by atoms with Crippen LogP contribution >= 0.6 is 0 Å². The van der Waals surface area contributed by atoms with Gasteiger partial charge in [0, 0.05) is 6.42 Å². The molecule has 0 aromatic rings. The largest absolute Gasteiger partial charge is 0.477 e. The summed E-state index contributed by atoms with van der Waals surface area (Å²) in [6, 6.07) is 0. The predicted molar refractivity (Wildman–Crippen MR) is 30.3 cm³/mol. The molecule has 0 amide bonds. The van der Waals surface area contributed by atoms with Crippen LogP contribution in [0, 0.1) is 4.91 Å². The summed E-state index contributed by atoms with van der Waals surface area (Å²) in [4.78, 5) is 18.6. The van der Waals surface area contributed by atoms with Crippen molar-refractivity contribution in [3.63, 3.8) is 0 Å². The molecule has 0 rings (SSSR count). The molecule has 0 aliphatic rings. The van der Waals surface area contributed by atoms with Crippen LogP contribution in [0.15, 0.2) is 0 Å². The summed E-state index contributed by atoms with van der Waals surface area (Å²) in [6.07, 6.45) is 0.655. The first kappa shape index (κ1) is 8.16. The number of hydrogen-bond donors (Lipinski definition) is 1. The number of hydrogen-bond acceptors (Lipinski definition) is 4. The molecule has 0 unspecified atom stereocenters. The molecule has 0 radical (unpaired) electrons. The first-order chi connectivity index (χ1) is 4.31. The summed E-state index contributed by atoms with van der Waals surface area (Å²) < 4.78 is 0. The molecule has 0 saturated heterocycles. The summed E-state index contributed by atoms with van der Waals surface area (Å²) >= 11 is 0. The fraction of sp³-hybridized carbons (Fsp3) is 1.00. The quantitative estimate of drug-likeness (QED) is 0.411. The Morgan fingerprint density at radius 1 is 1.67 bits per heavy atom. The Morgan fingerprint density at radius 2 is 2.33 bits per heavy atom. The van der Waals surface area contributed by atoms with Crippen molar-refractivity contribution in [2.75, 3.05) is 20.3 Å². The third kappa shape index (κ3) is 5.02. The minimum absolute atomic E-state index is 0.0513. The number of nitrogens with two attached hydrogens (primary N) is 1. The average molecular weight is 135 g/mol. The molecule has 0 heterocycles. The molecule has 5 nitrogen and oxygen atoms in total. The van der Waals surface area contributed by atoms with Gasteiger partial charge < -0.3 is 5.73 Å². The molecule has 0 spiro atoms. The highest BCUT2D eigenvalue weighted by Crippen LogP contribution is 1.80. The number of nitrogens with zero attached hydrogens (tertiary/aromatic N) is 1. The Hall–Kier alpha value is -0.840. The average Bonchev–Trinajstić information content (AvgIpc) is 1.89. The SMILES string of the molecule is CO[N+](=O)OCCCN. The van der Waals surface area contributed by atoms with Crippen molar-refractivity contribution >= 4 is 0 Å². The van der Waals surface area contributed by atoms with Gasteiger partial charge in [0.25, 0.3) is 0 Å². The molecule has 0 aliphatic carbocycles. The van der Waals surface area contributed by atoms with Crippen molar-refractivity contribution in [1.29, 1.82) is 0 Å². The molecule has 0 saturated carbocycles. The second-order valence-corrected chi connectivity index (χ2v) is 1.38. The van der Waals surface area contributed by atoms with Gasteiger partial charge in [0.05, 0.1) is 0 Å². The van der Waals surface area contributed by atoms with Crippen molar-refractivity contribution in [3.8, 4) is 0 Å². The highest BCUT2D eigenvalue weighted by atomic mass is 17.0.